The van der Waals surface area contributed by atoms with Gasteiger partial charge in [0.1, 0.15) is 6.04 Å². The maximum atomic E-state index is 14.2. The minimum Gasteiger partial charge on any atom is -0.459 e. The van der Waals surface area contributed by atoms with E-state index in [0.717, 1.165) is 25.7 Å². The van der Waals surface area contributed by atoms with Gasteiger partial charge in [0.15, 0.2) is 6.61 Å². The number of fused-ring (bicyclic) bond motifs is 3. The standard InChI is InChI=1S/C19H14F2N2OS/c1-2-3-11-4-6-15-13(8-11)14-9-12(5-7-16(14)25-15)17-19(20,21)10-24-18(22)23-17/h4-9,17H,10H2,1H3,(H2,22,23). The Labute approximate surface area is 147 Å². The number of hydrogen-bond acceptors (Lipinski definition) is 4. The molecule has 1 unspecified atom stereocenters. The first kappa shape index (κ1) is 15.9. The van der Waals surface area contributed by atoms with Gasteiger partial charge in [0.05, 0.1) is 0 Å². The molecule has 4 rings (SSSR count). The van der Waals surface area contributed by atoms with Crippen molar-refractivity contribution in [3.63, 3.8) is 0 Å². The molecule has 126 valence electrons. The molecule has 0 saturated heterocycles. The molecule has 2 heterocycles. The first-order valence-corrected chi connectivity index (χ1v) is 8.52. The first-order chi connectivity index (χ1) is 12.0. The van der Waals surface area contributed by atoms with Gasteiger partial charge < -0.3 is 10.5 Å². The second-order valence-corrected chi connectivity index (χ2v) is 6.95. The number of nitrogens with zero attached hydrogens (tertiary/aromatic N) is 1. The molecule has 0 aliphatic carbocycles. The summed E-state index contributed by atoms with van der Waals surface area (Å²) >= 11 is 1.62. The topological polar surface area (TPSA) is 47.6 Å². The van der Waals surface area contributed by atoms with Crippen molar-refractivity contribution in [3.05, 3.63) is 47.5 Å². The summed E-state index contributed by atoms with van der Waals surface area (Å²) in [5.74, 6) is 2.81. The molecule has 1 aliphatic rings. The average molecular weight is 356 g/mol. The molecule has 2 aromatic carbocycles. The maximum absolute atomic E-state index is 14.2. The van der Waals surface area contributed by atoms with E-state index in [1.165, 1.54) is 0 Å². The summed E-state index contributed by atoms with van der Waals surface area (Å²) in [5, 5.41) is 1.93. The van der Waals surface area contributed by atoms with Gasteiger partial charge in [-0.1, -0.05) is 12.0 Å². The van der Waals surface area contributed by atoms with Crippen LogP contribution in [-0.2, 0) is 4.74 Å². The lowest BCUT2D eigenvalue weighted by molar-refractivity contribution is -0.0781. The summed E-state index contributed by atoms with van der Waals surface area (Å²) in [6, 6.07) is 9.76. The number of halogens is 2. The van der Waals surface area contributed by atoms with E-state index < -0.39 is 18.6 Å². The van der Waals surface area contributed by atoms with Crippen LogP contribution in [0.15, 0.2) is 41.4 Å². The summed E-state index contributed by atoms with van der Waals surface area (Å²) in [7, 11) is 0. The molecular weight excluding hydrogens is 342 g/mol. The molecule has 0 saturated carbocycles. The van der Waals surface area contributed by atoms with Crippen LogP contribution in [0, 0.1) is 11.8 Å². The summed E-state index contributed by atoms with van der Waals surface area (Å²) < 4.78 is 35.3. The minimum atomic E-state index is -3.10. The molecule has 1 atom stereocenters. The number of rotatable bonds is 1. The van der Waals surface area contributed by atoms with E-state index in [1.54, 1.807) is 30.4 Å². The number of nitrogens with two attached hydrogens (primary N) is 1. The van der Waals surface area contributed by atoms with Gasteiger partial charge >= 0.3 is 5.92 Å². The van der Waals surface area contributed by atoms with Crippen molar-refractivity contribution in [2.75, 3.05) is 6.61 Å². The fourth-order valence-corrected chi connectivity index (χ4v) is 4.08. The van der Waals surface area contributed by atoms with Gasteiger partial charge in [0.2, 0.25) is 0 Å². The van der Waals surface area contributed by atoms with Gasteiger partial charge in [0, 0.05) is 25.7 Å². The fourth-order valence-electron chi connectivity index (χ4n) is 3.01. The maximum Gasteiger partial charge on any atom is 0.307 e. The van der Waals surface area contributed by atoms with Gasteiger partial charge in [-0.05, 0) is 42.8 Å². The monoisotopic (exact) mass is 356 g/mol. The molecule has 1 aromatic heterocycles. The average Bonchev–Trinajstić information content (AvgIpc) is 2.95. The molecule has 3 nitrogen and oxygen atoms in total. The van der Waals surface area contributed by atoms with Crippen LogP contribution in [0.3, 0.4) is 0 Å². The third-order valence-electron chi connectivity index (χ3n) is 4.15. The van der Waals surface area contributed by atoms with Gasteiger partial charge in [-0.25, -0.2) is 13.8 Å². The smallest absolute Gasteiger partial charge is 0.307 e. The van der Waals surface area contributed by atoms with Crippen molar-refractivity contribution in [2.24, 2.45) is 10.7 Å². The summed E-state index contributed by atoms with van der Waals surface area (Å²) in [5.41, 5.74) is 6.83. The Morgan fingerprint density at radius 3 is 2.68 bits per heavy atom. The highest BCUT2D eigenvalue weighted by Crippen LogP contribution is 2.41. The van der Waals surface area contributed by atoms with Crippen LogP contribution in [0.1, 0.15) is 24.1 Å². The fraction of sp³-hybridized carbons (Fsp3) is 0.211. The Hall–Kier alpha value is -2.65. The number of hydrogen-bond donors (Lipinski definition) is 1. The van der Waals surface area contributed by atoms with Crippen LogP contribution in [0.4, 0.5) is 8.78 Å². The molecular formula is C19H14F2N2OS. The van der Waals surface area contributed by atoms with E-state index >= 15 is 0 Å². The van der Waals surface area contributed by atoms with E-state index in [9.17, 15) is 8.78 Å². The second kappa shape index (κ2) is 5.71. The molecule has 1 aliphatic heterocycles. The van der Waals surface area contributed by atoms with Gasteiger partial charge in [-0.3, -0.25) is 0 Å². The van der Waals surface area contributed by atoms with Crippen molar-refractivity contribution in [3.8, 4) is 11.8 Å². The molecule has 0 fully saturated rings. The van der Waals surface area contributed by atoms with Crippen LogP contribution in [0.2, 0.25) is 0 Å². The second-order valence-electron chi connectivity index (χ2n) is 5.86. The molecule has 0 spiro atoms. The lowest BCUT2D eigenvalue weighted by Gasteiger charge is -2.28. The Kier molecular flexibility index (Phi) is 3.62. The Morgan fingerprint density at radius 1 is 1.20 bits per heavy atom. The number of ether oxygens (including phenoxy) is 1. The third kappa shape index (κ3) is 2.71. The van der Waals surface area contributed by atoms with E-state index in [1.807, 2.05) is 24.3 Å². The van der Waals surface area contributed by atoms with Crippen molar-refractivity contribution in [1.29, 1.82) is 0 Å². The molecule has 3 aromatic rings. The largest absolute Gasteiger partial charge is 0.459 e. The Bertz CT molecular complexity index is 1080. The zero-order valence-corrected chi connectivity index (χ0v) is 14.2. The summed E-state index contributed by atoms with van der Waals surface area (Å²) in [4.78, 5) is 3.83. The quantitative estimate of drug-likeness (QED) is 0.655. The number of thiophene rings is 1. The van der Waals surface area contributed by atoms with Crippen molar-refractivity contribution < 1.29 is 13.5 Å². The van der Waals surface area contributed by atoms with Crippen LogP contribution in [0.25, 0.3) is 20.2 Å². The zero-order valence-electron chi connectivity index (χ0n) is 13.3. The Morgan fingerprint density at radius 2 is 1.92 bits per heavy atom. The number of benzene rings is 2. The van der Waals surface area contributed by atoms with Crippen LogP contribution >= 0.6 is 11.3 Å². The molecule has 0 amide bonds. The SMILES string of the molecule is CC#Cc1ccc2sc3ccc(C4N=C(N)OCC4(F)F)cc3c2c1. The van der Waals surface area contributed by atoms with Crippen LogP contribution < -0.4 is 5.73 Å². The lowest BCUT2D eigenvalue weighted by Crippen LogP contribution is -2.39. The number of aliphatic imine (C=N–C) groups is 1. The van der Waals surface area contributed by atoms with E-state index in [4.69, 9.17) is 10.5 Å². The predicted octanol–water partition coefficient (Wildman–Crippen LogP) is 4.45. The van der Waals surface area contributed by atoms with Gasteiger partial charge in [-0.2, -0.15) is 0 Å². The first-order valence-electron chi connectivity index (χ1n) is 7.71. The van der Waals surface area contributed by atoms with E-state index in [0.29, 0.717) is 5.56 Å². The van der Waals surface area contributed by atoms with E-state index in [-0.39, 0.29) is 6.02 Å². The van der Waals surface area contributed by atoms with Gasteiger partial charge in [-0.15, -0.1) is 17.3 Å². The zero-order chi connectivity index (χ0) is 17.6. The number of alkyl halides is 2. The van der Waals surface area contributed by atoms with Crippen molar-refractivity contribution >= 4 is 37.5 Å². The molecule has 6 heteroatoms. The van der Waals surface area contributed by atoms with Crippen molar-refractivity contribution in [1.82, 2.24) is 0 Å². The molecule has 2 N–H and O–H groups in total. The summed E-state index contributed by atoms with van der Waals surface area (Å²) in [6.45, 7) is 1.02. The van der Waals surface area contributed by atoms with Gasteiger partial charge in [0.25, 0.3) is 6.02 Å². The summed E-state index contributed by atoms with van der Waals surface area (Å²) in [6.07, 6.45) is 0. The highest BCUT2D eigenvalue weighted by atomic mass is 32.1. The highest BCUT2D eigenvalue weighted by Gasteiger charge is 2.45. The Balaban J connectivity index is 1.91. The van der Waals surface area contributed by atoms with Crippen LogP contribution in [-0.4, -0.2) is 18.6 Å². The highest BCUT2D eigenvalue weighted by molar-refractivity contribution is 7.25. The minimum absolute atomic E-state index is 0.202. The van der Waals surface area contributed by atoms with Crippen LogP contribution in [0.5, 0.6) is 0 Å². The lowest BCUT2D eigenvalue weighted by atomic mass is 9.98. The predicted molar refractivity (Wildman–Crippen MR) is 97.1 cm³/mol. The molecule has 0 radical (unpaired) electrons. The van der Waals surface area contributed by atoms with Crippen molar-refractivity contribution in [2.45, 2.75) is 18.9 Å². The number of amidine groups is 1. The molecule has 0 bridgehead atoms. The van der Waals surface area contributed by atoms with E-state index in [2.05, 4.69) is 16.8 Å². The third-order valence-corrected chi connectivity index (χ3v) is 5.30. The molecule has 25 heavy (non-hydrogen) atoms. The normalized spacial score (nSPS) is 19.2.